The zero-order valence-electron chi connectivity index (χ0n) is 12.7. The minimum Gasteiger partial charge on any atom is -0.459 e. The van der Waals surface area contributed by atoms with Crippen molar-refractivity contribution in [1.29, 1.82) is 0 Å². The van der Waals surface area contributed by atoms with Crippen LogP contribution in [0.1, 0.15) is 16.1 Å². The van der Waals surface area contributed by atoms with Crippen molar-refractivity contribution in [2.24, 2.45) is 0 Å². The molecule has 2 rings (SSSR count). The zero-order chi connectivity index (χ0) is 17.0. The molecule has 0 aliphatic carbocycles. The van der Waals surface area contributed by atoms with E-state index in [1.165, 1.54) is 16.6 Å². The number of sulfonamides is 1. The van der Waals surface area contributed by atoms with Crippen molar-refractivity contribution >= 4 is 33.2 Å². The Morgan fingerprint density at radius 1 is 1.35 bits per heavy atom. The Labute approximate surface area is 140 Å². The maximum atomic E-state index is 12.0. The molecule has 0 aliphatic heterocycles. The molecule has 1 aromatic heterocycles. The predicted molar refractivity (Wildman–Crippen MR) is 89.4 cm³/mol. The fourth-order valence-corrected chi connectivity index (χ4v) is 3.08. The van der Waals surface area contributed by atoms with Gasteiger partial charge in [0.05, 0.1) is 24.8 Å². The van der Waals surface area contributed by atoms with Gasteiger partial charge in [-0.2, -0.15) is 0 Å². The van der Waals surface area contributed by atoms with E-state index >= 15 is 0 Å². The number of nitrogens with zero attached hydrogens (tertiary/aromatic N) is 1. The first-order valence-corrected chi connectivity index (χ1v) is 9.07. The summed E-state index contributed by atoms with van der Waals surface area (Å²) in [4.78, 5) is 11.8. The van der Waals surface area contributed by atoms with Gasteiger partial charge in [0, 0.05) is 11.6 Å². The molecule has 0 fully saturated rings. The summed E-state index contributed by atoms with van der Waals surface area (Å²) in [6.07, 6.45) is 2.50. The van der Waals surface area contributed by atoms with E-state index in [0.717, 1.165) is 11.8 Å². The summed E-state index contributed by atoms with van der Waals surface area (Å²) in [5.41, 5.74) is 1.31. The van der Waals surface area contributed by atoms with Crippen molar-refractivity contribution in [2.45, 2.75) is 6.92 Å². The van der Waals surface area contributed by atoms with Gasteiger partial charge >= 0.3 is 0 Å². The normalized spacial score (nSPS) is 11.3. The number of carbonyl (C=O) groups excluding carboxylic acids is 1. The number of hydrogen-bond acceptors (Lipinski definition) is 4. The Bertz CT molecular complexity index is 788. The maximum absolute atomic E-state index is 12.0. The summed E-state index contributed by atoms with van der Waals surface area (Å²) in [5, 5.41) is 3.09. The fourth-order valence-electron chi connectivity index (χ4n) is 1.99. The van der Waals surface area contributed by atoms with Gasteiger partial charge < -0.3 is 9.73 Å². The third kappa shape index (κ3) is 4.49. The van der Waals surface area contributed by atoms with Crippen molar-refractivity contribution in [3.8, 4) is 0 Å². The second kappa shape index (κ2) is 7.06. The Balaban J connectivity index is 2.08. The van der Waals surface area contributed by atoms with Crippen molar-refractivity contribution in [3.05, 3.63) is 52.9 Å². The van der Waals surface area contributed by atoms with E-state index in [1.54, 1.807) is 24.3 Å². The van der Waals surface area contributed by atoms with Gasteiger partial charge in [-0.3, -0.25) is 9.10 Å². The van der Waals surface area contributed by atoms with Gasteiger partial charge in [0.1, 0.15) is 0 Å². The molecule has 0 unspecified atom stereocenters. The largest absolute Gasteiger partial charge is 0.459 e. The molecular formula is C15H17ClN2O4S. The molecule has 124 valence electrons. The molecular weight excluding hydrogens is 340 g/mol. The van der Waals surface area contributed by atoms with E-state index in [4.69, 9.17) is 16.0 Å². The second-order valence-electron chi connectivity index (χ2n) is 5.00. The van der Waals surface area contributed by atoms with Gasteiger partial charge in [-0.1, -0.05) is 17.7 Å². The number of nitrogens with one attached hydrogen (secondary N) is 1. The highest BCUT2D eigenvalue weighted by Gasteiger charge is 2.18. The highest BCUT2D eigenvalue weighted by molar-refractivity contribution is 7.92. The lowest BCUT2D eigenvalue weighted by Crippen LogP contribution is -2.38. The Kier molecular flexibility index (Phi) is 5.33. The summed E-state index contributed by atoms with van der Waals surface area (Å²) in [7, 11) is -3.50. The van der Waals surface area contributed by atoms with Crippen molar-refractivity contribution in [3.63, 3.8) is 0 Å². The maximum Gasteiger partial charge on any atom is 0.287 e. The number of furan rings is 1. The van der Waals surface area contributed by atoms with Crippen molar-refractivity contribution < 1.29 is 17.6 Å². The number of halogens is 1. The monoisotopic (exact) mass is 356 g/mol. The SMILES string of the molecule is Cc1ccc(N(CCNC(=O)c2ccco2)S(C)(=O)=O)cc1Cl. The molecule has 1 heterocycles. The zero-order valence-corrected chi connectivity index (χ0v) is 14.3. The summed E-state index contributed by atoms with van der Waals surface area (Å²) >= 11 is 6.06. The van der Waals surface area contributed by atoms with Gasteiger partial charge in [-0.05, 0) is 36.8 Å². The van der Waals surface area contributed by atoms with Crippen LogP contribution in [0.5, 0.6) is 0 Å². The average molecular weight is 357 g/mol. The molecule has 0 spiro atoms. The minimum atomic E-state index is -3.50. The van der Waals surface area contributed by atoms with Crippen LogP contribution >= 0.6 is 11.6 Å². The first-order chi connectivity index (χ1) is 10.8. The highest BCUT2D eigenvalue weighted by Crippen LogP contribution is 2.24. The third-order valence-electron chi connectivity index (χ3n) is 3.19. The van der Waals surface area contributed by atoms with Crippen LogP contribution in [0.2, 0.25) is 5.02 Å². The molecule has 23 heavy (non-hydrogen) atoms. The fraction of sp³-hybridized carbons (Fsp3) is 0.267. The lowest BCUT2D eigenvalue weighted by molar-refractivity contribution is 0.0927. The third-order valence-corrected chi connectivity index (χ3v) is 4.79. The van der Waals surface area contributed by atoms with Gasteiger partial charge in [0.2, 0.25) is 10.0 Å². The Hall–Kier alpha value is -1.99. The van der Waals surface area contributed by atoms with Crippen LogP contribution in [0.4, 0.5) is 5.69 Å². The van der Waals surface area contributed by atoms with Gasteiger partial charge in [0.15, 0.2) is 5.76 Å². The summed E-state index contributed by atoms with van der Waals surface area (Å²) < 4.78 is 30.1. The van der Waals surface area contributed by atoms with Crippen LogP contribution in [0.15, 0.2) is 41.0 Å². The molecule has 1 N–H and O–H groups in total. The van der Waals surface area contributed by atoms with E-state index in [1.807, 2.05) is 6.92 Å². The number of amides is 1. The quantitative estimate of drug-likeness (QED) is 0.862. The second-order valence-corrected chi connectivity index (χ2v) is 7.32. The highest BCUT2D eigenvalue weighted by atomic mass is 35.5. The molecule has 1 aromatic carbocycles. The lowest BCUT2D eigenvalue weighted by atomic mass is 10.2. The molecule has 0 saturated heterocycles. The van der Waals surface area contributed by atoms with Crippen LogP contribution < -0.4 is 9.62 Å². The number of anilines is 1. The molecule has 0 saturated carbocycles. The Morgan fingerprint density at radius 2 is 2.09 bits per heavy atom. The van der Waals surface area contributed by atoms with Crippen LogP contribution in [0.25, 0.3) is 0 Å². The molecule has 1 amide bonds. The Morgan fingerprint density at radius 3 is 2.65 bits per heavy atom. The average Bonchev–Trinajstić information content (AvgIpc) is 2.99. The number of carbonyl (C=O) groups is 1. The lowest BCUT2D eigenvalue weighted by Gasteiger charge is -2.23. The van der Waals surface area contributed by atoms with Crippen molar-refractivity contribution in [1.82, 2.24) is 5.32 Å². The number of rotatable bonds is 6. The van der Waals surface area contributed by atoms with Gasteiger partial charge in [-0.15, -0.1) is 0 Å². The van der Waals surface area contributed by atoms with E-state index in [2.05, 4.69) is 5.32 Å². The molecule has 0 aliphatic rings. The van der Waals surface area contributed by atoms with E-state index in [-0.39, 0.29) is 18.8 Å². The van der Waals surface area contributed by atoms with E-state index in [0.29, 0.717) is 10.7 Å². The number of aryl methyl sites for hydroxylation is 1. The van der Waals surface area contributed by atoms with E-state index in [9.17, 15) is 13.2 Å². The number of hydrogen-bond donors (Lipinski definition) is 1. The predicted octanol–water partition coefficient (Wildman–Crippen LogP) is 2.44. The molecule has 2 aromatic rings. The summed E-state index contributed by atoms with van der Waals surface area (Å²) in [5.74, 6) is -0.223. The van der Waals surface area contributed by atoms with Crippen LogP contribution in [-0.4, -0.2) is 33.7 Å². The molecule has 0 atom stereocenters. The molecule has 6 nitrogen and oxygen atoms in total. The summed E-state index contributed by atoms with van der Waals surface area (Å²) in [6.45, 7) is 2.06. The summed E-state index contributed by atoms with van der Waals surface area (Å²) in [6, 6.07) is 8.15. The van der Waals surface area contributed by atoms with Crippen molar-refractivity contribution in [2.75, 3.05) is 23.7 Å². The minimum absolute atomic E-state index is 0.0880. The topological polar surface area (TPSA) is 79.6 Å². The van der Waals surface area contributed by atoms with Crippen LogP contribution in [0.3, 0.4) is 0 Å². The van der Waals surface area contributed by atoms with Crippen LogP contribution in [0, 0.1) is 6.92 Å². The molecule has 8 heteroatoms. The van der Waals surface area contributed by atoms with E-state index < -0.39 is 15.9 Å². The van der Waals surface area contributed by atoms with Gasteiger partial charge in [0.25, 0.3) is 5.91 Å². The first kappa shape index (κ1) is 17.4. The smallest absolute Gasteiger partial charge is 0.287 e. The van der Waals surface area contributed by atoms with Gasteiger partial charge in [-0.25, -0.2) is 8.42 Å². The molecule has 0 bridgehead atoms. The number of benzene rings is 1. The van der Waals surface area contributed by atoms with Crippen LogP contribution in [-0.2, 0) is 10.0 Å². The first-order valence-electron chi connectivity index (χ1n) is 6.84. The molecule has 0 radical (unpaired) electrons. The standard InChI is InChI=1S/C15H17ClN2O4S/c1-11-5-6-12(10-13(11)16)18(23(2,20)21)8-7-17-15(19)14-4-3-9-22-14/h3-6,9-10H,7-8H2,1-2H3,(H,17,19).